The van der Waals surface area contributed by atoms with Crippen molar-refractivity contribution in [2.45, 2.75) is 13.5 Å². The molecule has 0 aliphatic carbocycles. The molecule has 7 heteroatoms. The Bertz CT molecular complexity index is 1000. The van der Waals surface area contributed by atoms with E-state index in [1.165, 1.54) is 22.1 Å². The zero-order valence-electron chi connectivity index (χ0n) is 12.6. The van der Waals surface area contributed by atoms with Crippen LogP contribution in [-0.4, -0.2) is 20.3 Å². The number of hydrogen-bond acceptors (Lipinski definition) is 3. The van der Waals surface area contributed by atoms with E-state index in [4.69, 9.17) is 6.42 Å². The van der Waals surface area contributed by atoms with Gasteiger partial charge in [-0.05, 0) is 19.1 Å². The normalized spacial score (nSPS) is 11.8. The maximum atomic E-state index is 14.1. The van der Waals surface area contributed by atoms with E-state index < -0.39 is 5.91 Å². The van der Waals surface area contributed by atoms with Crippen LogP contribution in [0.25, 0.3) is 10.2 Å². The van der Waals surface area contributed by atoms with Gasteiger partial charge in [0.1, 0.15) is 11.5 Å². The molecule has 0 atom stereocenters. The van der Waals surface area contributed by atoms with E-state index in [1.54, 1.807) is 36.9 Å². The summed E-state index contributed by atoms with van der Waals surface area (Å²) in [4.78, 5) is 17.0. The molecule has 0 spiro atoms. The Labute approximate surface area is 135 Å². The Kier molecular flexibility index (Phi) is 3.84. The average molecular weight is 328 g/mol. The van der Waals surface area contributed by atoms with E-state index in [2.05, 4.69) is 16.0 Å². The molecule has 0 N–H and O–H groups in total. The number of fused-ring (bicyclic) bond motifs is 1. The minimum atomic E-state index is -0.430. The zero-order chi connectivity index (χ0) is 16.6. The molecule has 0 radical (unpaired) electrons. The molecule has 0 bridgehead atoms. The standard InChI is InChI=1S/C16H13FN4OS/c1-4-8-21-14-11(17)6-5-7-12(14)23-16(21)19-15(22)13-10(2)9-18-20(13)3/h1,5-7,9H,8H2,2-3H3. The number of thiazole rings is 1. The summed E-state index contributed by atoms with van der Waals surface area (Å²) in [6.45, 7) is 1.92. The Balaban J connectivity index is 2.24. The predicted molar refractivity (Wildman–Crippen MR) is 86.4 cm³/mol. The third-order valence-corrected chi connectivity index (χ3v) is 4.47. The number of halogens is 1. The van der Waals surface area contributed by atoms with Crippen molar-refractivity contribution >= 4 is 27.5 Å². The molecule has 23 heavy (non-hydrogen) atoms. The lowest BCUT2D eigenvalue weighted by Crippen LogP contribution is -2.18. The van der Waals surface area contributed by atoms with E-state index in [9.17, 15) is 9.18 Å². The first-order valence-corrected chi connectivity index (χ1v) is 7.63. The molecule has 2 heterocycles. The number of para-hydroxylation sites is 1. The van der Waals surface area contributed by atoms with Gasteiger partial charge in [-0.3, -0.25) is 9.48 Å². The number of carbonyl (C=O) groups is 1. The number of aromatic nitrogens is 3. The maximum absolute atomic E-state index is 14.1. The molecule has 116 valence electrons. The monoisotopic (exact) mass is 328 g/mol. The molecule has 0 aliphatic heterocycles. The van der Waals surface area contributed by atoms with E-state index in [0.29, 0.717) is 20.7 Å². The second-order valence-corrected chi connectivity index (χ2v) is 5.99. The molecular formula is C16H13FN4OS. The van der Waals surface area contributed by atoms with E-state index in [1.807, 2.05) is 0 Å². The minimum Gasteiger partial charge on any atom is -0.302 e. The summed E-state index contributed by atoms with van der Waals surface area (Å²) in [6, 6.07) is 4.75. The van der Waals surface area contributed by atoms with Crippen LogP contribution in [0.3, 0.4) is 0 Å². The largest absolute Gasteiger partial charge is 0.302 e. The van der Waals surface area contributed by atoms with Gasteiger partial charge in [0.05, 0.1) is 23.0 Å². The molecule has 0 saturated carbocycles. The molecule has 1 amide bonds. The van der Waals surface area contributed by atoms with Crippen LogP contribution in [-0.2, 0) is 13.6 Å². The lowest BCUT2D eigenvalue weighted by atomic mass is 10.3. The van der Waals surface area contributed by atoms with E-state index in [-0.39, 0.29) is 12.4 Å². The summed E-state index contributed by atoms with van der Waals surface area (Å²) in [5.74, 6) is 1.66. The molecular weight excluding hydrogens is 315 g/mol. The fourth-order valence-corrected chi connectivity index (χ4v) is 3.45. The van der Waals surface area contributed by atoms with Gasteiger partial charge in [0.15, 0.2) is 4.80 Å². The molecule has 1 aromatic carbocycles. The van der Waals surface area contributed by atoms with Crippen LogP contribution >= 0.6 is 11.3 Å². The van der Waals surface area contributed by atoms with Crippen molar-refractivity contribution < 1.29 is 9.18 Å². The Hall–Kier alpha value is -2.72. The van der Waals surface area contributed by atoms with Crippen LogP contribution in [0.1, 0.15) is 16.1 Å². The van der Waals surface area contributed by atoms with E-state index in [0.717, 1.165) is 5.56 Å². The van der Waals surface area contributed by atoms with Gasteiger partial charge in [-0.25, -0.2) is 4.39 Å². The highest BCUT2D eigenvalue weighted by atomic mass is 32.1. The van der Waals surface area contributed by atoms with E-state index >= 15 is 0 Å². The maximum Gasteiger partial charge on any atom is 0.298 e. The summed E-state index contributed by atoms with van der Waals surface area (Å²) in [5, 5.41) is 4.03. The number of amides is 1. The van der Waals surface area contributed by atoms with Crippen LogP contribution in [0, 0.1) is 25.1 Å². The third-order valence-electron chi connectivity index (χ3n) is 3.42. The van der Waals surface area contributed by atoms with Gasteiger partial charge >= 0.3 is 0 Å². The molecule has 0 aliphatic rings. The Morgan fingerprint density at radius 1 is 1.52 bits per heavy atom. The number of terminal acetylenes is 1. The number of rotatable bonds is 2. The molecule has 0 fully saturated rings. The number of benzene rings is 1. The van der Waals surface area contributed by atoms with Gasteiger partial charge in [-0.1, -0.05) is 23.3 Å². The Morgan fingerprint density at radius 2 is 2.30 bits per heavy atom. The fraction of sp³-hybridized carbons (Fsp3) is 0.188. The van der Waals surface area contributed by atoms with Gasteiger partial charge in [-0.15, -0.1) is 6.42 Å². The van der Waals surface area contributed by atoms with Crippen LogP contribution in [0.5, 0.6) is 0 Å². The fourth-order valence-electron chi connectivity index (χ4n) is 2.40. The molecule has 3 rings (SSSR count). The average Bonchev–Trinajstić information content (AvgIpc) is 3.01. The number of aryl methyl sites for hydroxylation is 2. The quantitative estimate of drug-likeness (QED) is 0.678. The van der Waals surface area contributed by atoms with Gasteiger partial charge in [0.2, 0.25) is 0 Å². The lowest BCUT2D eigenvalue weighted by Gasteiger charge is -2.01. The second-order valence-electron chi connectivity index (χ2n) is 4.98. The summed E-state index contributed by atoms with van der Waals surface area (Å²) < 4.78 is 17.8. The minimum absolute atomic E-state index is 0.136. The van der Waals surface area contributed by atoms with Crippen molar-refractivity contribution in [3.8, 4) is 12.3 Å². The van der Waals surface area contributed by atoms with Gasteiger partial charge in [-0.2, -0.15) is 10.1 Å². The van der Waals surface area contributed by atoms with Crippen LogP contribution in [0.2, 0.25) is 0 Å². The number of hydrogen-bond donors (Lipinski definition) is 0. The molecule has 0 unspecified atom stereocenters. The van der Waals surface area contributed by atoms with Gasteiger partial charge in [0, 0.05) is 12.6 Å². The molecule has 3 aromatic rings. The highest BCUT2D eigenvalue weighted by Gasteiger charge is 2.15. The van der Waals surface area contributed by atoms with Crippen molar-refractivity contribution in [1.82, 2.24) is 14.3 Å². The highest BCUT2D eigenvalue weighted by Crippen LogP contribution is 2.20. The van der Waals surface area contributed by atoms with Crippen LogP contribution in [0.4, 0.5) is 4.39 Å². The smallest absolute Gasteiger partial charge is 0.298 e. The van der Waals surface area contributed by atoms with Crippen LogP contribution < -0.4 is 4.80 Å². The first-order valence-electron chi connectivity index (χ1n) is 6.82. The zero-order valence-corrected chi connectivity index (χ0v) is 13.4. The van der Waals surface area contributed by atoms with Crippen molar-refractivity contribution in [1.29, 1.82) is 0 Å². The molecule has 2 aromatic heterocycles. The molecule has 5 nitrogen and oxygen atoms in total. The number of nitrogens with zero attached hydrogens (tertiary/aromatic N) is 4. The summed E-state index contributed by atoms with van der Waals surface area (Å²) in [6.07, 6.45) is 6.97. The Morgan fingerprint density at radius 3 is 2.96 bits per heavy atom. The first-order chi connectivity index (χ1) is 11.0. The van der Waals surface area contributed by atoms with Crippen molar-refractivity contribution in [2.24, 2.45) is 12.0 Å². The SMILES string of the molecule is C#CCn1c(=NC(=O)c2c(C)cnn2C)sc2cccc(F)c21. The van der Waals surface area contributed by atoms with Crippen molar-refractivity contribution in [3.05, 3.63) is 46.3 Å². The lowest BCUT2D eigenvalue weighted by molar-refractivity contribution is 0.0988. The van der Waals surface area contributed by atoms with Crippen molar-refractivity contribution in [3.63, 3.8) is 0 Å². The summed E-state index contributed by atoms with van der Waals surface area (Å²) in [5.41, 5.74) is 1.50. The van der Waals surface area contributed by atoms with Gasteiger partial charge < -0.3 is 4.57 Å². The van der Waals surface area contributed by atoms with Gasteiger partial charge in [0.25, 0.3) is 5.91 Å². The second kappa shape index (κ2) is 5.82. The highest BCUT2D eigenvalue weighted by molar-refractivity contribution is 7.16. The van der Waals surface area contributed by atoms with Crippen molar-refractivity contribution in [2.75, 3.05) is 0 Å². The number of carbonyl (C=O) groups excluding carboxylic acids is 1. The summed E-state index contributed by atoms with van der Waals surface area (Å²) >= 11 is 1.23. The molecule has 0 saturated heterocycles. The topological polar surface area (TPSA) is 52.2 Å². The first kappa shape index (κ1) is 15.2. The third kappa shape index (κ3) is 2.58. The van der Waals surface area contributed by atoms with Crippen LogP contribution in [0.15, 0.2) is 29.4 Å². The summed E-state index contributed by atoms with van der Waals surface area (Å²) in [7, 11) is 1.68. The predicted octanol–water partition coefficient (Wildman–Crippen LogP) is 2.26.